The molecule has 1 aliphatic carbocycles. The average molecular weight is 246 g/mol. The van der Waals surface area contributed by atoms with Gasteiger partial charge in [0.25, 0.3) is 0 Å². The van der Waals surface area contributed by atoms with Crippen molar-refractivity contribution < 1.29 is 0 Å². The summed E-state index contributed by atoms with van der Waals surface area (Å²) in [4.78, 5) is 0. The standard InChI is InChI=1S/C14H22N4/c1-12-10-13(2)18(17-12)9-3-8-16-11-14(4-5-14)6-7-15/h10,16H,3-6,8-9,11H2,1-2H3. The molecule has 0 unspecified atom stereocenters. The Morgan fingerprint density at radius 3 is 2.83 bits per heavy atom. The van der Waals surface area contributed by atoms with Gasteiger partial charge in [-0.3, -0.25) is 4.68 Å². The summed E-state index contributed by atoms with van der Waals surface area (Å²) in [7, 11) is 0. The van der Waals surface area contributed by atoms with Crippen molar-refractivity contribution in [2.75, 3.05) is 13.1 Å². The summed E-state index contributed by atoms with van der Waals surface area (Å²) in [5.74, 6) is 0. The molecule has 2 rings (SSSR count). The highest BCUT2D eigenvalue weighted by molar-refractivity contribution is 5.06. The lowest BCUT2D eigenvalue weighted by atomic mass is 10.0. The highest BCUT2D eigenvalue weighted by atomic mass is 15.3. The predicted octanol–water partition coefficient (Wildman–Crippen LogP) is 2.17. The molecule has 1 heterocycles. The van der Waals surface area contributed by atoms with Gasteiger partial charge in [-0.1, -0.05) is 0 Å². The maximum atomic E-state index is 8.74. The second kappa shape index (κ2) is 5.53. The van der Waals surface area contributed by atoms with Crippen molar-refractivity contribution in [2.45, 2.75) is 46.1 Å². The van der Waals surface area contributed by atoms with Crippen molar-refractivity contribution in [3.8, 4) is 6.07 Å². The zero-order valence-electron chi connectivity index (χ0n) is 11.4. The maximum Gasteiger partial charge on any atom is 0.0628 e. The van der Waals surface area contributed by atoms with Crippen LogP contribution in [0.4, 0.5) is 0 Å². The van der Waals surface area contributed by atoms with Crippen molar-refractivity contribution in [3.05, 3.63) is 17.5 Å². The quantitative estimate of drug-likeness (QED) is 0.750. The summed E-state index contributed by atoms with van der Waals surface area (Å²) in [6, 6.07) is 4.40. The van der Waals surface area contributed by atoms with Crippen molar-refractivity contribution in [3.63, 3.8) is 0 Å². The SMILES string of the molecule is Cc1cc(C)n(CCCNCC2(CC#N)CC2)n1. The van der Waals surface area contributed by atoms with Crippen LogP contribution in [0.1, 0.15) is 37.1 Å². The molecule has 1 fully saturated rings. The molecule has 4 heteroatoms. The monoisotopic (exact) mass is 246 g/mol. The van der Waals surface area contributed by atoms with Gasteiger partial charge in [0.15, 0.2) is 0 Å². The second-order valence-corrected chi connectivity index (χ2v) is 5.52. The molecule has 0 spiro atoms. The van der Waals surface area contributed by atoms with Gasteiger partial charge in [0, 0.05) is 25.2 Å². The summed E-state index contributed by atoms with van der Waals surface area (Å²) in [5, 5.41) is 16.7. The van der Waals surface area contributed by atoms with Crippen LogP contribution in [0.5, 0.6) is 0 Å². The predicted molar refractivity (Wildman–Crippen MR) is 71.1 cm³/mol. The Bertz CT molecular complexity index is 437. The van der Waals surface area contributed by atoms with Gasteiger partial charge in [-0.15, -0.1) is 0 Å². The third-order valence-electron chi connectivity index (χ3n) is 3.74. The topological polar surface area (TPSA) is 53.6 Å². The minimum atomic E-state index is 0.312. The molecule has 0 bridgehead atoms. The number of aryl methyl sites for hydroxylation is 3. The second-order valence-electron chi connectivity index (χ2n) is 5.52. The van der Waals surface area contributed by atoms with Crippen LogP contribution in [0.15, 0.2) is 6.07 Å². The molecule has 0 radical (unpaired) electrons. The number of nitriles is 1. The molecule has 98 valence electrons. The van der Waals surface area contributed by atoms with E-state index in [2.05, 4.69) is 34.2 Å². The van der Waals surface area contributed by atoms with Gasteiger partial charge in [0.2, 0.25) is 0 Å². The first kappa shape index (κ1) is 13.1. The van der Waals surface area contributed by atoms with Gasteiger partial charge in [-0.05, 0) is 51.1 Å². The lowest BCUT2D eigenvalue weighted by Crippen LogP contribution is -2.25. The van der Waals surface area contributed by atoms with Crippen molar-refractivity contribution in [1.29, 1.82) is 5.26 Å². The van der Waals surface area contributed by atoms with E-state index < -0.39 is 0 Å². The molecule has 1 N–H and O–H groups in total. The Kier molecular flexibility index (Phi) is 4.03. The summed E-state index contributed by atoms with van der Waals surface area (Å²) in [6.07, 6.45) is 4.22. The zero-order valence-corrected chi connectivity index (χ0v) is 11.4. The van der Waals surface area contributed by atoms with E-state index >= 15 is 0 Å². The lowest BCUT2D eigenvalue weighted by Gasteiger charge is -2.12. The van der Waals surface area contributed by atoms with E-state index in [1.54, 1.807) is 0 Å². The zero-order chi connectivity index (χ0) is 13.0. The summed E-state index contributed by atoms with van der Waals surface area (Å²) < 4.78 is 2.07. The van der Waals surface area contributed by atoms with Gasteiger partial charge in [-0.25, -0.2) is 0 Å². The van der Waals surface area contributed by atoms with E-state index in [9.17, 15) is 0 Å². The van der Waals surface area contributed by atoms with E-state index in [1.165, 1.54) is 18.5 Å². The van der Waals surface area contributed by atoms with Gasteiger partial charge in [0.1, 0.15) is 0 Å². The molecule has 1 saturated carbocycles. The highest BCUT2D eigenvalue weighted by Crippen LogP contribution is 2.47. The van der Waals surface area contributed by atoms with Gasteiger partial charge in [-0.2, -0.15) is 10.4 Å². The van der Waals surface area contributed by atoms with E-state index in [0.717, 1.165) is 31.7 Å². The molecule has 4 nitrogen and oxygen atoms in total. The van der Waals surface area contributed by atoms with Gasteiger partial charge >= 0.3 is 0 Å². The Morgan fingerprint density at radius 1 is 1.50 bits per heavy atom. The largest absolute Gasteiger partial charge is 0.316 e. The number of aromatic nitrogens is 2. The fourth-order valence-corrected chi connectivity index (χ4v) is 2.37. The first-order valence-corrected chi connectivity index (χ1v) is 6.74. The Morgan fingerprint density at radius 2 is 2.28 bits per heavy atom. The van der Waals surface area contributed by atoms with E-state index in [1.807, 2.05) is 6.92 Å². The van der Waals surface area contributed by atoms with Crippen LogP contribution in [0, 0.1) is 30.6 Å². The van der Waals surface area contributed by atoms with Crippen LogP contribution in [0.25, 0.3) is 0 Å². The van der Waals surface area contributed by atoms with Crippen molar-refractivity contribution in [1.82, 2.24) is 15.1 Å². The number of hydrogen-bond acceptors (Lipinski definition) is 3. The number of nitrogens with one attached hydrogen (secondary N) is 1. The fraction of sp³-hybridized carbons (Fsp3) is 0.714. The molecule has 18 heavy (non-hydrogen) atoms. The average Bonchev–Trinajstić information content (AvgIpc) is 3.00. The fourth-order valence-electron chi connectivity index (χ4n) is 2.37. The van der Waals surface area contributed by atoms with E-state index in [0.29, 0.717) is 11.8 Å². The molecular weight excluding hydrogens is 224 g/mol. The number of rotatable bonds is 7. The highest BCUT2D eigenvalue weighted by Gasteiger charge is 2.41. The first-order chi connectivity index (χ1) is 8.65. The normalized spacial score (nSPS) is 16.5. The van der Waals surface area contributed by atoms with Crippen LogP contribution in [0.2, 0.25) is 0 Å². The van der Waals surface area contributed by atoms with Crippen LogP contribution < -0.4 is 5.32 Å². The summed E-state index contributed by atoms with van der Waals surface area (Å²) >= 11 is 0. The third kappa shape index (κ3) is 3.33. The summed E-state index contributed by atoms with van der Waals surface area (Å²) in [6.45, 7) is 7.10. The minimum Gasteiger partial charge on any atom is -0.316 e. The maximum absolute atomic E-state index is 8.74. The van der Waals surface area contributed by atoms with Crippen molar-refractivity contribution >= 4 is 0 Å². The number of hydrogen-bond donors (Lipinski definition) is 1. The molecule has 1 aliphatic rings. The van der Waals surface area contributed by atoms with Gasteiger partial charge < -0.3 is 5.32 Å². The third-order valence-corrected chi connectivity index (χ3v) is 3.74. The van der Waals surface area contributed by atoms with Crippen LogP contribution in [-0.4, -0.2) is 22.9 Å². The first-order valence-electron chi connectivity index (χ1n) is 6.74. The van der Waals surface area contributed by atoms with Gasteiger partial charge in [0.05, 0.1) is 11.8 Å². The summed E-state index contributed by atoms with van der Waals surface area (Å²) in [5.41, 5.74) is 2.63. The minimum absolute atomic E-state index is 0.312. The molecular formula is C14H22N4. The molecule has 0 saturated heterocycles. The van der Waals surface area contributed by atoms with Crippen LogP contribution in [0.3, 0.4) is 0 Å². The lowest BCUT2D eigenvalue weighted by molar-refractivity contribution is 0.449. The molecule has 0 aromatic carbocycles. The molecule has 0 aliphatic heterocycles. The Labute approximate surface area is 109 Å². The molecule has 1 aromatic heterocycles. The Balaban J connectivity index is 1.62. The van der Waals surface area contributed by atoms with Crippen LogP contribution >= 0.6 is 0 Å². The smallest absolute Gasteiger partial charge is 0.0628 e. The molecule has 0 amide bonds. The van der Waals surface area contributed by atoms with E-state index in [4.69, 9.17) is 5.26 Å². The Hall–Kier alpha value is -1.34. The molecule has 1 aromatic rings. The van der Waals surface area contributed by atoms with E-state index in [-0.39, 0.29) is 0 Å². The van der Waals surface area contributed by atoms with Crippen molar-refractivity contribution in [2.24, 2.45) is 5.41 Å². The molecule has 0 atom stereocenters. The van der Waals surface area contributed by atoms with Crippen LogP contribution in [-0.2, 0) is 6.54 Å². The number of nitrogens with zero attached hydrogens (tertiary/aromatic N) is 3.